The number of pyridine rings is 1. The molecule has 6 aromatic rings. The number of carbonyl (C=O) groups is 3. The van der Waals surface area contributed by atoms with Crippen LogP contribution >= 0.6 is 0 Å². The van der Waals surface area contributed by atoms with Crippen LogP contribution in [0.5, 0.6) is 5.75 Å². The second-order valence-electron chi connectivity index (χ2n) is 16.4. The summed E-state index contributed by atoms with van der Waals surface area (Å²) in [7, 11) is 2.02. The number of fused-ring (bicyclic) bond motifs is 3. The maximum absolute atomic E-state index is 15.5. The summed E-state index contributed by atoms with van der Waals surface area (Å²) < 4.78 is 12.3. The minimum absolute atomic E-state index is 0.101. The summed E-state index contributed by atoms with van der Waals surface area (Å²) in [5.74, 6) is 4.47. The van der Waals surface area contributed by atoms with Crippen LogP contribution in [0.25, 0.3) is 0 Å². The molecule has 1 aromatic heterocycles. The highest BCUT2D eigenvalue weighted by atomic mass is 16.6. The van der Waals surface area contributed by atoms with Gasteiger partial charge < -0.3 is 25.2 Å². The fourth-order valence-corrected chi connectivity index (χ4v) is 9.78. The SMILES string of the molecule is CN(CC#Cc1ccc2c(c1)[C@]1(C(=O)N2)[C@H](C(=O)NCCc2ccccn2)[C@H]2C(=O)O[C@H](c3ccccc3)[C@H](c3ccccc3)N2[C@@H]1c1ccc(OCCO)cc1)Cc1ccccc1. The molecule has 3 N–H and O–H groups in total. The van der Waals surface area contributed by atoms with Gasteiger partial charge in [0.05, 0.1) is 31.2 Å². The maximum Gasteiger partial charge on any atom is 0.324 e. The van der Waals surface area contributed by atoms with Crippen LogP contribution in [-0.4, -0.2) is 77.1 Å². The Labute approximate surface area is 373 Å². The molecule has 9 rings (SSSR count). The smallest absolute Gasteiger partial charge is 0.324 e. The zero-order chi connectivity index (χ0) is 44.0. The van der Waals surface area contributed by atoms with Crippen molar-refractivity contribution in [2.75, 3.05) is 38.7 Å². The van der Waals surface area contributed by atoms with Crippen LogP contribution in [0.3, 0.4) is 0 Å². The van der Waals surface area contributed by atoms with Crippen LogP contribution in [0.2, 0.25) is 0 Å². The number of hydrogen-bond donors (Lipinski definition) is 3. The quantitative estimate of drug-likeness (QED) is 0.0873. The number of nitrogens with zero attached hydrogens (tertiary/aromatic N) is 3. The molecule has 322 valence electrons. The standard InChI is InChI=1S/C53H49N5O6/c1-57(35-37-14-5-2-6-15-37)31-13-16-36-22-27-44-43(34-36)53(52(62)56-44)45(50(60)55-30-28-41-21-11-12-29-54-41)47-51(61)64-48(39-19-9-4-10-20-39)46(38-17-7-3-8-18-38)58(47)49(53)40-23-25-42(26-24-40)63-33-32-59/h2-12,14-15,17-27,29,34,45-49,59H,28,30-33,35H2,1H3,(H,55,60)(H,56,62)/t45-,46-,47-,48+,49+,53-/m0/s1. The number of nitrogens with one attached hydrogen (secondary N) is 2. The van der Waals surface area contributed by atoms with Crippen LogP contribution in [-0.2, 0) is 37.5 Å². The second kappa shape index (κ2) is 18.7. The van der Waals surface area contributed by atoms with Crippen molar-refractivity contribution in [2.45, 2.75) is 42.6 Å². The molecule has 3 aliphatic rings. The highest BCUT2D eigenvalue weighted by Crippen LogP contribution is 2.64. The van der Waals surface area contributed by atoms with Gasteiger partial charge in [0.25, 0.3) is 0 Å². The molecule has 1 spiro atoms. The van der Waals surface area contributed by atoms with E-state index in [0.717, 1.165) is 23.4 Å². The lowest BCUT2D eigenvalue weighted by Gasteiger charge is -2.46. The Hall–Kier alpha value is -7.10. The molecule has 2 saturated heterocycles. The number of rotatable bonds is 13. The number of morpholine rings is 1. The zero-order valence-corrected chi connectivity index (χ0v) is 35.5. The molecule has 4 heterocycles. The van der Waals surface area contributed by atoms with Crippen molar-refractivity contribution in [3.8, 4) is 17.6 Å². The van der Waals surface area contributed by atoms with Crippen molar-refractivity contribution in [3.63, 3.8) is 0 Å². The van der Waals surface area contributed by atoms with Crippen LogP contribution in [0.1, 0.15) is 57.3 Å². The lowest BCUT2D eigenvalue weighted by atomic mass is 9.65. The number of cyclic esters (lactones) is 1. The average molecular weight is 852 g/mol. The average Bonchev–Trinajstić information content (AvgIpc) is 3.81. The number of aliphatic hydroxyl groups excluding tert-OH is 1. The van der Waals surface area contributed by atoms with E-state index in [-0.39, 0.29) is 19.8 Å². The van der Waals surface area contributed by atoms with Gasteiger partial charge in [-0.05, 0) is 77.3 Å². The molecule has 2 amide bonds. The Balaban J connectivity index is 1.22. The summed E-state index contributed by atoms with van der Waals surface area (Å²) in [4.78, 5) is 54.6. The van der Waals surface area contributed by atoms with Gasteiger partial charge in [-0.1, -0.05) is 121 Å². The number of ether oxygens (including phenoxy) is 2. The third-order valence-electron chi connectivity index (χ3n) is 12.4. The fraction of sp³-hybridized carbons (Fsp3) is 0.245. The van der Waals surface area contributed by atoms with Gasteiger partial charge in [-0.25, -0.2) is 0 Å². The number of esters is 1. The number of hydrogen-bond acceptors (Lipinski definition) is 9. The highest BCUT2D eigenvalue weighted by molar-refractivity contribution is 6.12. The molecule has 64 heavy (non-hydrogen) atoms. The maximum atomic E-state index is 15.5. The lowest BCUT2D eigenvalue weighted by Crippen LogP contribution is -2.55. The monoisotopic (exact) mass is 851 g/mol. The van der Waals surface area contributed by atoms with E-state index in [1.165, 1.54) is 5.56 Å². The molecule has 11 nitrogen and oxygen atoms in total. The van der Waals surface area contributed by atoms with E-state index in [0.29, 0.717) is 41.1 Å². The Morgan fingerprint density at radius 3 is 2.27 bits per heavy atom. The van der Waals surface area contributed by atoms with Gasteiger partial charge in [0.1, 0.15) is 29.9 Å². The largest absolute Gasteiger partial charge is 0.491 e. The first-order valence-electron chi connectivity index (χ1n) is 21.6. The second-order valence-corrected chi connectivity index (χ2v) is 16.4. The van der Waals surface area contributed by atoms with E-state index in [9.17, 15) is 5.11 Å². The predicted octanol–water partition coefficient (Wildman–Crippen LogP) is 6.57. The third kappa shape index (κ3) is 8.15. The first-order valence-corrected chi connectivity index (χ1v) is 21.6. The predicted molar refractivity (Wildman–Crippen MR) is 243 cm³/mol. The molecule has 6 atom stereocenters. The molecule has 0 unspecified atom stereocenters. The Morgan fingerprint density at radius 2 is 1.56 bits per heavy atom. The highest BCUT2D eigenvalue weighted by Gasteiger charge is 2.74. The lowest BCUT2D eigenvalue weighted by molar-refractivity contribution is -0.178. The summed E-state index contributed by atoms with van der Waals surface area (Å²) in [6.07, 6.45) is 1.35. The summed E-state index contributed by atoms with van der Waals surface area (Å²) in [5.41, 5.74) is 4.40. The molecule has 3 aliphatic heterocycles. The molecule has 0 bridgehead atoms. The molecule has 0 aliphatic carbocycles. The van der Waals surface area contributed by atoms with E-state index >= 15 is 14.4 Å². The minimum Gasteiger partial charge on any atom is -0.491 e. The van der Waals surface area contributed by atoms with E-state index in [1.807, 2.05) is 134 Å². The minimum atomic E-state index is -1.66. The number of benzene rings is 5. The molecule has 11 heteroatoms. The van der Waals surface area contributed by atoms with Crippen LogP contribution in [0.4, 0.5) is 5.69 Å². The normalized spacial score (nSPS) is 22.2. The van der Waals surface area contributed by atoms with E-state index < -0.39 is 53.3 Å². The summed E-state index contributed by atoms with van der Waals surface area (Å²) in [6.45, 7) is 1.38. The van der Waals surface area contributed by atoms with Crippen LogP contribution in [0, 0.1) is 17.8 Å². The number of amides is 2. The van der Waals surface area contributed by atoms with Crippen molar-refractivity contribution < 1.29 is 29.0 Å². The Kier molecular flexibility index (Phi) is 12.3. The van der Waals surface area contributed by atoms with E-state index in [4.69, 9.17) is 9.47 Å². The zero-order valence-electron chi connectivity index (χ0n) is 35.5. The van der Waals surface area contributed by atoms with Crippen LogP contribution in [0.15, 0.2) is 158 Å². The first kappa shape index (κ1) is 42.2. The van der Waals surface area contributed by atoms with E-state index in [1.54, 1.807) is 18.3 Å². The molecule has 2 fully saturated rings. The first-order chi connectivity index (χ1) is 31.4. The van der Waals surface area contributed by atoms with Crippen molar-refractivity contribution >= 4 is 23.5 Å². The van der Waals surface area contributed by atoms with Crippen molar-refractivity contribution in [2.24, 2.45) is 5.92 Å². The van der Waals surface area contributed by atoms with Gasteiger partial charge in [-0.15, -0.1) is 0 Å². The van der Waals surface area contributed by atoms with Gasteiger partial charge in [-0.2, -0.15) is 0 Å². The topological polar surface area (TPSA) is 133 Å². The van der Waals surface area contributed by atoms with Crippen molar-refractivity contribution in [1.29, 1.82) is 0 Å². The molecular weight excluding hydrogens is 803 g/mol. The van der Waals surface area contributed by atoms with Crippen molar-refractivity contribution in [1.82, 2.24) is 20.1 Å². The third-order valence-corrected chi connectivity index (χ3v) is 12.4. The molecule has 0 saturated carbocycles. The molecule has 5 aromatic carbocycles. The van der Waals surface area contributed by atoms with Gasteiger partial charge in [0.2, 0.25) is 11.8 Å². The summed E-state index contributed by atoms with van der Waals surface area (Å²) in [6, 6.07) is 45.5. The molecular formula is C53H49N5O6. The van der Waals surface area contributed by atoms with Gasteiger partial charge >= 0.3 is 5.97 Å². The number of aliphatic hydroxyl groups is 1. The Bertz CT molecular complexity index is 2660. The van der Waals surface area contributed by atoms with Gasteiger partial charge in [0.15, 0.2) is 0 Å². The van der Waals surface area contributed by atoms with Crippen LogP contribution < -0.4 is 15.4 Å². The van der Waals surface area contributed by atoms with E-state index in [2.05, 4.69) is 49.4 Å². The number of anilines is 1. The summed E-state index contributed by atoms with van der Waals surface area (Å²) >= 11 is 0. The van der Waals surface area contributed by atoms with Crippen molar-refractivity contribution in [3.05, 3.63) is 197 Å². The van der Waals surface area contributed by atoms with Gasteiger partial charge in [0, 0.05) is 42.7 Å². The Morgan fingerprint density at radius 1 is 0.859 bits per heavy atom. The number of aromatic nitrogens is 1. The fourth-order valence-electron chi connectivity index (χ4n) is 9.78. The summed E-state index contributed by atoms with van der Waals surface area (Å²) in [5, 5.41) is 15.8. The number of carbonyl (C=O) groups excluding carboxylic acids is 3. The molecule has 0 radical (unpaired) electrons. The van der Waals surface area contributed by atoms with Gasteiger partial charge in [-0.3, -0.25) is 29.2 Å².